The molecule has 0 saturated carbocycles. The number of likely N-dealkylation sites (tertiary alicyclic amines) is 1. The van der Waals surface area contributed by atoms with Crippen molar-refractivity contribution in [3.8, 4) is 0 Å². The molecule has 2 saturated heterocycles. The molecular formula is C20H32N4O. The maximum Gasteiger partial charge on any atom is 0.321 e. The summed E-state index contributed by atoms with van der Waals surface area (Å²) in [4.78, 5) is 19.4. The van der Waals surface area contributed by atoms with Gasteiger partial charge in [0.2, 0.25) is 0 Å². The Morgan fingerprint density at radius 3 is 2.12 bits per heavy atom. The standard InChI is InChI=1S/C20H32N4O/c1-18-6-8-19(9-7-18)21-20(25)24-16-14-23(15-17-24)13-5-12-22-10-3-2-4-11-22/h6-9H,2-5,10-17H2,1H3,(H,21,25). The number of anilines is 1. The van der Waals surface area contributed by atoms with Crippen LogP contribution in [0, 0.1) is 6.92 Å². The van der Waals surface area contributed by atoms with Crippen molar-refractivity contribution in [2.45, 2.75) is 32.6 Å². The van der Waals surface area contributed by atoms with Gasteiger partial charge < -0.3 is 15.1 Å². The summed E-state index contributed by atoms with van der Waals surface area (Å²) in [7, 11) is 0. The molecular weight excluding hydrogens is 312 g/mol. The van der Waals surface area contributed by atoms with Gasteiger partial charge in [-0.2, -0.15) is 0 Å². The number of piperazine rings is 1. The lowest BCUT2D eigenvalue weighted by Gasteiger charge is -2.35. The van der Waals surface area contributed by atoms with Crippen molar-refractivity contribution in [2.24, 2.45) is 0 Å². The molecule has 2 fully saturated rings. The minimum atomic E-state index is 0.0248. The van der Waals surface area contributed by atoms with E-state index in [-0.39, 0.29) is 6.03 Å². The van der Waals surface area contributed by atoms with Gasteiger partial charge in [0.25, 0.3) is 0 Å². The van der Waals surface area contributed by atoms with E-state index >= 15 is 0 Å². The highest BCUT2D eigenvalue weighted by atomic mass is 16.2. The maximum atomic E-state index is 12.4. The fourth-order valence-electron chi connectivity index (χ4n) is 3.71. The van der Waals surface area contributed by atoms with Crippen molar-refractivity contribution in [2.75, 3.05) is 57.7 Å². The van der Waals surface area contributed by atoms with E-state index in [1.165, 1.54) is 50.9 Å². The van der Waals surface area contributed by atoms with E-state index in [2.05, 4.69) is 22.0 Å². The number of urea groups is 1. The molecule has 1 aromatic carbocycles. The predicted octanol–water partition coefficient (Wildman–Crippen LogP) is 3.02. The number of hydrogen-bond acceptors (Lipinski definition) is 3. The zero-order chi connectivity index (χ0) is 17.5. The van der Waals surface area contributed by atoms with Crippen LogP contribution < -0.4 is 5.32 Å². The Kier molecular flexibility index (Phi) is 6.70. The van der Waals surface area contributed by atoms with E-state index in [0.717, 1.165) is 38.4 Å². The first-order valence-electron chi connectivity index (χ1n) is 9.78. The monoisotopic (exact) mass is 344 g/mol. The summed E-state index contributed by atoms with van der Waals surface area (Å²) in [6.07, 6.45) is 5.39. The molecule has 0 radical (unpaired) electrons. The summed E-state index contributed by atoms with van der Waals surface area (Å²) in [6.45, 7) is 10.6. The van der Waals surface area contributed by atoms with Crippen LogP contribution >= 0.6 is 0 Å². The number of benzene rings is 1. The van der Waals surface area contributed by atoms with Gasteiger partial charge in [-0.15, -0.1) is 0 Å². The lowest BCUT2D eigenvalue weighted by molar-refractivity contribution is 0.139. The van der Waals surface area contributed by atoms with Gasteiger partial charge in [0.05, 0.1) is 0 Å². The third-order valence-electron chi connectivity index (χ3n) is 5.36. The van der Waals surface area contributed by atoms with Crippen molar-refractivity contribution < 1.29 is 4.79 Å². The van der Waals surface area contributed by atoms with Crippen LogP contribution in [0.5, 0.6) is 0 Å². The fraction of sp³-hybridized carbons (Fsp3) is 0.650. The van der Waals surface area contributed by atoms with Crippen LogP contribution in [-0.2, 0) is 0 Å². The van der Waals surface area contributed by atoms with Gasteiger partial charge in [-0.05, 0) is 64.5 Å². The molecule has 0 atom stereocenters. The first-order chi connectivity index (χ1) is 12.2. The molecule has 25 heavy (non-hydrogen) atoms. The molecule has 0 aromatic heterocycles. The quantitative estimate of drug-likeness (QED) is 0.892. The fourth-order valence-corrected chi connectivity index (χ4v) is 3.71. The lowest BCUT2D eigenvalue weighted by Crippen LogP contribution is -2.50. The first kappa shape index (κ1) is 18.2. The summed E-state index contributed by atoms with van der Waals surface area (Å²) in [5.41, 5.74) is 2.08. The van der Waals surface area contributed by atoms with Gasteiger partial charge in [-0.1, -0.05) is 24.1 Å². The second-order valence-corrected chi connectivity index (χ2v) is 7.38. The molecule has 1 N–H and O–H groups in total. The van der Waals surface area contributed by atoms with Gasteiger partial charge in [-0.25, -0.2) is 4.79 Å². The summed E-state index contributed by atoms with van der Waals surface area (Å²) >= 11 is 0. The highest BCUT2D eigenvalue weighted by molar-refractivity contribution is 5.89. The van der Waals surface area contributed by atoms with Gasteiger partial charge in [0.1, 0.15) is 0 Å². The van der Waals surface area contributed by atoms with Crippen LogP contribution in [0.1, 0.15) is 31.2 Å². The van der Waals surface area contributed by atoms with Gasteiger partial charge >= 0.3 is 6.03 Å². The van der Waals surface area contributed by atoms with Crippen LogP contribution in [-0.4, -0.2) is 73.1 Å². The molecule has 0 aliphatic carbocycles. The Morgan fingerprint density at radius 2 is 1.48 bits per heavy atom. The lowest BCUT2D eigenvalue weighted by atomic mass is 10.1. The Balaban J connectivity index is 1.33. The predicted molar refractivity (Wildman–Crippen MR) is 103 cm³/mol. The van der Waals surface area contributed by atoms with E-state index in [1.807, 2.05) is 29.2 Å². The number of aryl methyl sites for hydroxylation is 1. The second kappa shape index (κ2) is 9.20. The van der Waals surface area contributed by atoms with E-state index in [4.69, 9.17) is 0 Å². The molecule has 0 bridgehead atoms. The second-order valence-electron chi connectivity index (χ2n) is 7.38. The van der Waals surface area contributed by atoms with Crippen molar-refractivity contribution in [1.82, 2.24) is 14.7 Å². The van der Waals surface area contributed by atoms with Crippen LogP contribution in [0.3, 0.4) is 0 Å². The number of piperidine rings is 1. The SMILES string of the molecule is Cc1ccc(NC(=O)N2CCN(CCCN3CCCCC3)CC2)cc1. The average Bonchev–Trinajstić information content (AvgIpc) is 2.65. The van der Waals surface area contributed by atoms with E-state index < -0.39 is 0 Å². The van der Waals surface area contributed by atoms with Crippen LogP contribution in [0.4, 0.5) is 10.5 Å². The summed E-state index contributed by atoms with van der Waals surface area (Å²) in [5.74, 6) is 0. The number of hydrogen-bond donors (Lipinski definition) is 1. The average molecular weight is 345 g/mol. The molecule has 2 amide bonds. The Hall–Kier alpha value is -1.59. The molecule has 2 aliphatic rings. The number of nitrogens with one attached hydrogen (secondary N) is 1. The first-order valence-corrected chi connectivity index (χ1v) is 9.78. The Bertz CT molecular complexity index is 531. The summed E-state index contributed by atoms with van der Waals surface area (Å²) in [6, 6.07) is 8.00. The van der Waals surface area contributed by atoms with Crippen molar-refractivity contribution in [3.63, 3.8) is 0 Å². The minimum Gasteiger partial charge on any atom is -0.322 e. The number of rotatable bonds is 5. The van der Waals surface area contributed by atoms with E-state index in [9.17, 15) is 4.79 Å². The van der Waals surface area contributed by atoms with Crippen LogP contribution in [0.2, 0.25) is 0 Å². The molecule has 5 nitrogen and oxygen atoms in total. The zero-order valence-corrected chi connectivity index (χ0v) is 15.5. The van der Waals surface area contributed by atoms with Crippen LogP contribution in [0.15, 0.2) is 24.3 Å². The smallest absolute Gasteiger partial charge is 0.321 e. The normalized spacial score (nSPS) is 19.8. The molecule has 3 rings (SSSR count). The topological polar surface area (TPSA) is 38.8 Å². The third kappa shape index (κ3) is 5.72. The maximum absolute atomic E-state index is 12.4. The molecule has 0 spiro atoms. The highest BCUT2D eigenvalue weighted by Crippen LogP contribution is 2.12. The van der Waals surface area contributed by atoms with Crippen molar-refractivity contribution in [1.29, 1.82) is 0 Å². The van der Waals surface area contributed by atoms with E-state index in [0.29, 0.717) is 0 Å². The largest absolute Gasteiger partial charge is 0.322 e. The zero-order valence-electron chi connectivity index (χ0n) is 15.5. The van der Waals surface area contributed by atoms with Crippen molar-refractivity contribution in [3.05, 3.63) is 29.8 Å². The van der Waals surface area contributed by atoms with Gasteiger partial charge in [0.15, 0.2) is 0 Å². The van der Waals surface area contributed by atoms with E-state index in [1.54, 1.807) is 0 Å². The molecule has 5 heteroatoms. The Labute approximate surface area is 152 Å². The van der Waals surface area contributed by atoms with Gasteiger partial charge in [-0.3, -0.25) is 4.90 Å². The van der Waals surface area contributed by atoms with Crippen LogP contribution in [0.25, 0.3) is 0 Å². The number of carbonyl (C=O) groups is 1. The van der Waals surface area contributed by atoms with Gasteiger partial charge in [0, 0.05) is 31.9 Å². The minimum absolute atomic E-state index is 0.0248. The number of amides is 2. The molecule has 2 aliphatic heterocycles. The molecule has 1 aromatic rings. The number of carbonyl (C=O) groups excluding carboxylic acids is 1. The molecule has 0 unspecified atom stereocenters. The molecule has 2 heterocycles. The van der Waals surface area contributed by atoms with Crippen molar-refractivity contribution >= 4 is 11.7 Å². The Morgan fingerprint density at radius 1 is 0.880 bits per heavy atom. The highest BCUT2D eigenvalue weighted by Gasteiger charge is 2.21. The summed E-state index contributed by atoms with van der Waals surface area (Å²) in [5, 5.41) is 3.00. The summed E-state index contributed by atoms with van der Waals surface area (Å²) < 4.78 is 0. The third-order valence-corrected chi connectivity index (χ3v) is 5.36. The number of nitrogens with zero attached hydrogens (tertiary/aromatic N) is 3. The molecule has 138 valence electrons.